The normalized spacial score (nSPS) is 14.2. The second kappa shape index (κ2) is 6.73. The number of aromatic nitrogens is 1. The van der Waals surface area contributed by atoms with Crippen molar-refractivity contribution in [3.05, 3.63) is 22.9 Å². The number of carboxylic acid groups (broad SMARTS) is 1. The summed E-state index contributed by atoms with van der Waals surface area (Å²) in [6, 6.07) is 1.81. The molecule has 2 rings (SSSR count). The van der Waals surface area contributed by atoms with Crippen LogP contribution in [-0.2, 0) is 12.8 Å². The Morgan fingerprint density at radius 1 is 1.40 bits per heavy atom. The fourth-order valence-corrected chi connectivity index (χ4v) is 2.65. The van der Waals surface area contributed by atoms with Gasteiger partial charge in [0, 0.05) is 12.2 Å². The van der Waals surface area contributed by atoms with Gasteiger partial charge in [-0.05, 0) is 56.1 Å². The van der Waals surface area contributed by atoms with Gasteiger partial charge in [0.25, 0.3) is 0 Å². The highest BCUT2D eigenvalue weighted by Crippen LogP contribution is 2.24. The fraction of sp³-hybridized carbons (Fsp3) is 0.625. The number of hydrogen-bond acceptors (Lipinski definition) is 3. The van der Waals surface area contributed by atoms with Gasteiger partial charge in [-0.1, -0.05) is 13.8 Å². The summed E-state index contributed by atoms with van der Waals surface area (Å²) in [6.07, 6.45) is 6.39. The van der Waals surface area contributed by atoms with E-state index in [0.717, 1.165) is 56.3 Å². The Bertz CT molecular complexity index is 484. The summed E-state index contributed by atoms with van der Waals surface area (Å²) in [5.74, 6) is 0.325. The number of rotatable bonds is 6. The third-order valence-corrected chi connectivity index (χ3v) is 3.78. The Labute approximate surface area is 120 Å². The van der Waals surface area contributed by atoms with Gasteiger partial charge in [-0.2, -0.15) is 0 Å². The summed E-state index contributed by atoms with van der Waals surface area (Å²) in [7, 11) is 0. The van der Waals surface area contributed by atoms with Crippen LogP contribution in [-0.4, -0.2) is 22.6 Å². The number of pyridine rings is 1. The molecule has 0 radical (unpaired) electrons. The van der Waals surface area contributed by atoms with Crippen molar-refractivity contribution in [2.75, 3.05) is 11.9 Å². The third kappa shape index (κ3) is 3.71. The van der Waals surface area contributed by atoms with Crippen molar-refractivity contribution in [3.63, 3.8) is 0 Å². The first kappa shape index (κ1) is 14.8. The van der Waals surface area contributed by atoms with Gasteiger partial charge in [-0.25, -0.2) is 9.78 Å². The zero-order valence-electron chi connectivity index (χ0n) is 12.4. The van der Waals surface area contributed by atoms with Gasteiger partial charge in [0.15, 0.2) is 0 Å². The van der Waals surface area contributed by atoms with Crippen molar-refractivity contribution in [3.8, 4) is 0 Å². The minimum atomic E-state index is -0.891. The maximum Gasteiger partial charge on any atom is 0.339 e. The number of aryl methyl sites for hydroxylation is 2. The quantitative estimate of drug-likeness (QED) is 0.781. The summed E-state index contributed by atoms with van der Waals surface area (Å²) in [5, 5.41) is 12.5. The Morgan fingerprint density at radius 2 is 2.15 bits per heavy atom. The molecule has 0 aromatic carbocycles. The molecule has 1 heterocycles. The molecule has 2 N–H and O–H groups in total. The van der Waals surface area contributed by atoms with E-state index in [0.29, 0.717) is 17.3 Å². The number of anilines is 1. The molecule has 0 aliphatic heterocycles. The van der Waals surface area contributed by atoms with Crippen molar-refractivity contribution in [2.24, 2.45) is 5.92 Å². The Kier molecular flexibility index (Phi) is 4.99. The average molecular weight is 276 g/mol. The van der Waals surface area contributed by atoms with E-state index in [2.05, 4.69) is 24.1 Å². The fourth-order valence-electron chi connectivity index (χ4n) is 2.65. The topological polar surface area (TPSA) is 62.2 Å². The molecule has 0 saturated carbocycles. The van der Waals surface area contributed by atoms with Crippen molar-refractivity contribution < 1.29 is 9.90 Å². The molecule has 1 aromatic heterocycles. The van der Waals surface area contributed by atoms with Gasteiger partial charge < -0.3 is 10.4 Å². The Hall–Kier alpha value is -1.58. The van der Waals surface area contributed by atoms with Gasteiger partial charge in [-0.15, -0.1) is 0 Å². The van der Waals surface area contributed by atoms with E-state index in [4.69, 9.17) is 0 Å². The van der Waals surface area contributed by atoms with E-state index in [-0.39, 0.29) is 0 Å². The van der Waals surface area contributed by atoms with E-state index in [1.165, 1.54) is 0 Å². The van der Waals surface area contributed by atoms with Crippen LogP contribution >= 0.6 is 0 Å². The largest absolute Gasteiger partial charge is 0.478 e. The number of nitrogens with one attached hydrogen (secondary N) is 1. The molecule has 1 aliphatic carbocycles. The number of nitrogens with zero attached hydrogens (tertiary/aromatic N) is 1. The van der Waals surface area contributed by atoms with Crippen LogP contribution in [0.25, 0.3) is 0 Å². The zero-order valence-corrected chi connectivity index (χ0v) is 12.4. The predicted molar refractivity (Wildman–Crippen MR) is 80.4 cm³/mol. The van der Waals surface area contributed by atoms with E-state index in [9.17, 15) is 9.90 Å². The zero-order chi connectivity index (χ0) is 14.5. The molecular weight excluding hydrogens is 252 g/mol. The summed E-state index contributed by atoms with van der Waals surface area (Å²) < 4.78 is 0. The molecule has 0 spiro atoms. The molecule has 0 bridgehead atoms. The first-order valence-electron chi connectivity index (χ1n) is 7.58. The molecule has 0 saturated heterocycles. The molecule has 110 valence electrons. The molecular formula is C16H24N2O2. The number of fused-ring (bicyclic) bond motifs is 1. The molecule has 0 atom stereocenters. The first-order chi connectivity index (χ1) is 9.58. The van der Waals surface area contributed by atoms with Crippen LogP contribution in [0, 0.1) is 5.92 Å². The molecule has 20 heavy (non-hydrogen) atoms. The smallest absolute Gasteiger partial charge is 0.339 e. The van der Waals surface area contributed by atoms with Crippen LogP contribution in [0.1, 0.15) is 61.1 Å². The molecule has 1 aliphatic rings. The second-order valence-corrected chi connectivity index (χ2v) is 5.97. The molecule has 0 unspecified atom stereocenters. The molecule has 4 nitrogen and oxygen atoms in total. The van der Waals surface area contributed by atoms with E-state index in [1.807, 2.05) is 6.07 Å². The van der Waals surface area contributed by atoms with Gasteiger partial charge in [-0.3, -0.25) is 0 Å². The maximum absolute atomic E-state index is 11.4. The van der Waals surface area contributed by atoms with Crippen LogP contribution in [0.2, 0.25) is 0 Å². The lowest BCUT2D eigenvalue weighted by Gasteiger charge is -2.18. The van der Waals surface area contributed by atoms with E-state index >= 15 is 0 Å². The summed E-state index contributed by atoms with van der Waals surface area (Å²) in [6.45, 7) is 5.17. The van der Waals surface area contributed by atoms with Crippen molar-refractivity contribution >= 4 is 11.8 Å². The van der Waals surface area contributed by atoms with Crippen LogP contribution in [0.5, 0.6) is 0 Å². The standard InChI is InChI=1S/C16H24N2O2/c1-11(2)6-5-9-17-15-13(16(19)20)10-12-7-3-4-8-14(12)18-15/h10-11H,3-9H2,1-2H3,(H,17,18)(H,19,20). The molecule has 1 aromatic rings. The highest BCUT2D eigenvalue weighted by atomic mass is 16.4. The highest BCUT2D eigenvalue weighted by Gasteiger charge is 2.18. The maximum atomic E-state index is 11.4. The average Bonchev–Trinajstić information content (AvgIpc) is 2.42. The lowest BCUT2D eigenvalue weighted by Crippen LogP contribution is -2.15. The number of carboxylic acids is 1. The predicted octanol–water partition coefficient (Wildman–Crippen LogP) is 3.51. The van der Waals surface area contributed by atoms with Crippen LogP contribution in [0.3, 0.4) is 0 Å². The highest BCUT2D eigenvalue weighted by molar-refractivity contribution is 5.93. The summed E-state index contributed by atoms with van der Waals surface area (Å²) in [4.78, 5) is 15.9. The van der Waals surface area contributed by atoms with E-state index in [1.54, 1.807) is 0 Å². The van der Waals surface area contributed by atoms with Crippen molar-refractivity contribution in [2.45, 2.75) is 52.4 Å². The second-order valence-electron chi connectivity index (χ2n) is 5.97. The van der Waals surface area contributed by atoms with Crippen LogP contribution in [0.4, 0.5) is 5.82 Å². The van der Waals surface area contributed by atoms with E-state index < -0.39 is 5.97 Å². The molecule has 4 heteroatoms. The minimum Gasteiger partial charge on any atom is -0.478 e. The van der Waals surface area contributed by atoms with Gasteiger partial charge in [0.05, 0.1) is 0 Å². The van der Waals surface area contributed by atoms with Crippen molar-refractivity contribution in [1.29, 1.82) is 0 Å². The first-order valence-corrected chi connectivity index (χ1v) is 7.58. The van der Waals surface area contributed by atoms with Crippen LogP contribution in [0.15, 0.2) is 6.07 Å². The van der Waals surface area contributed by atoms with Crippen molar-refractivity contribution in [1.82, 2.24) is 4.98 Å². The minimum absolute atomic E-state index is 0.315. The van der Waals surface area contributed by atoms with Gasteiger partial charge in [0.1, 0.15) is 11.4 Å². The lowest BCUT2D eigenvalue weighted by molar-refractivity contribution is 0.0697. The third-order valence-electron chi connectivity index (χ3n) is 3.78. The van der Waals surface area contributed by atoms with Crippen LogP contribution < -0.4 is 5.32 Å². The number of hydrogen-bond donors (Lipinski definition) is 2. The summed E-state index contributed by atoms with van der Waals surface area (Å²) in [5.41, 5.74) is 2.50. The monoisotopic (exact) mass is 276 g/mol. The SMILES string of the molecule is CC(C)CCCNc1nc2c(cc1C(=O)O)CCCC2. The Balaban J connectivity index is 2.11. The number of carbonyl (C=O) groups is 1. The molecule has 0 amide bonds. The van der Waals surface area contributed by atoms with Gasteiger partial charge in [0.2, 0.25) is 0 Å². The number of aromatic carboxylic acids is 1. The van der Waals surface area contributed by atoms with Gasteiger partial charge >= 0.3 is 5.97 Å². The Morgan fingerprint density at radius 3 is 2.85 bits per heavy atom. The summed E-state index contributed by atoms with van der Waals surface area (Å²) >= 11 is 0. The molecule has 0 fully saturated rings. The lowest BCUT2D eigenvalue weighted by atomic mass is 9.94.